The number of allylic oxidation sites excluding steroid dienone is 3. The highest BCUT2D eigenvalue weighted by Gasteiger charge is 2.49. The number of hydrogen-bond donors (Lipinski definition) is 4. The third kappa shape index (κ3) is 8.64. The van der Waals surface area contributed by atoms with Crippen molar-refractivity contribution in [2.75, 3.05) is 45.8 Å². The number of phenolic OH excluding ortho intramolecular Hbond substituents is 1. The first kappa shape index (κ1) is 46.0. The lowest BCUT2D eigenvalue weighted by molar-refractivity contribution is -0.163. The molecular weight excluding hydrogens is 831 g/mol. The Kier molecular flexibility index (Phi) is 13.1. The van der Waals surface area contributed by atoms with Crippen LogP contribution < -0.4 is 30.9 Å². The fraction of sp³-hybridized carbons (Fsp3) is 0.468. The number of nitrogens with one attached hydrogen (secondary N) is 1. The Morgan fingerprint density at radius 3 is 2.50 bits per heavy atom. The number of aliphatic hydroxyl groups excluding tert-OH is 2. The summed E-state index contributed by atoms with van der Waals surface area (Å²) in [5, 5.41) is 37.3. The number of hydrogen-bond acceptors (Lipinski definition) is 16. The van der Waals surface area contributed by atoms with Crippen molar-refractivity contribution in [3.63, 3.8) is 0 Å². The largest absolute Gasteiger partial charge is 0.507 e. The highest BCUT2D eigenvalue weighted by atomic mass is 16.7. The second-order valence-corrected chi connectivity index (χ2v) is 17.2. The molecule has 64 heavy (non-hydrogen) atoms. The summed E-state index contributed by atoms with van der Waals surface area (Å²) in [6.45, 7) is 12.9. The zero-order chi connectivity index (χ0) is 46.4. The van der Waals surface area contributed by atoms with Crippen molar-refractivity contribution in [3.8, 4) is 17.2 Å². The van der Waals surface area contributed by atoms with Gasteiger partial charge in [0.25, 0.3) is 5.91 Å². The minimum Gasteiger partial charge on any atom is -0.507 e. The number of ether oxygens (including phenoxy) is 6. The van der Waals surface area contributed by atoms with E-state index in [1.165, 1.54) is 46.1 Å². The SMILES string of the molecule is CC(=O)O[C@H]1[C@@H]2O[C@H]([C@@H](C)[C@H]2O)[C@@H](C)/C=C/C=C(/C)C(=O)Nc2c(=O)c3c(O)c(C)c4c(c3c3nc5c(=O)cc(OCCOCCN(C)C)cc5oc23)=C(O)[C@@](C)(O/C=C/C[C@H]1C)O4. The van der Waals surface area contributed by atoms with Gasteiger partial charge in [0.05, 0.1) is 42.3 Å². The second-order valence-electron chi connectivity index (χ2n) is 17.2. The first-order valence-electron chi connectivity index (χ1n) is 21.2. The average molecular weight is 886 g/mol. The van der Waals surface area contributed by atoms with Crippen molar-refractivity contribution >= 4 is 56.3 Å². The van der Waals surface area contributed by atoms with E-state index in [-0.39, 0.29) is 98.2 Å². The normalized spacial score (nSPS) is 28.0. The summed E-state index contributed by atoms with van der Waals surface area (Å²) in [5.41, 5.74) is -2.27. The predicted molar refractivity (Wildman–Crippen MR) is 237 cm³/mol. The third-order valence-corrected chi connectivity index (χ3v) is 12.1. The zero-order valence-electron chi connectivity index (χ0n) is 37.3. The third-order valence-electron chi connectivity index (χ3n) is 12.1. The van der Waals surface area contributed by atoms with Gasteiger partial charge >= 0.3 is 11.8 Å². The highest BCUT2D eigenvalue weighted by molar-refractivity contribution is 6.16. The molecule has 17 heteroatoms. The summed E-state index contributed by atoms with van der Waals surface area (Å²) in [6, 6.07) is 2.67. The van der Waals surface area contributed by atoms with Gasteiger partial charge in [-0.2, -0.15) is 0 Å². The number of carbonyl (C=O) groups excluding carboxylic acids is 2. The van der Waals surface area contributed by atoms with Gasteiger partial charge in [0.1, 0.15) is 47.3 Å². The second kappa shape index (κ2) is 18.2. The van der Waals surface area contributed by atoms with E-state index in [2.05, 4.69) is 5.32 Å². The molecule has 4 aliphatic rings. The van der Waals surface area contributed by atoms with E-state index in [4.69, 9.17) is 37.8 Å². The smallest absolute Gasteiger partial charge is 0.307 e. The molecule has 1 aromatic heterocycles. The Hall–Kier alpha value is -6.01. The summed E-state index contributed by atoms with van der Waals surface area (Å²) in [4.78, 5) is 61.3. The number of anilines is 1. The molecule has 0 radical (unpaired) electrons. The van der Waals surface area contributed by atoms with Crippen molar-refractivity contribution in [1.29, 1.82) is 0 Å². The molecule has 8 atom stereocenters. The molecular formula is C47H55N3O14. The standard InChI is InChI=1S/C47H55N3O14/c1-22-12-10-13-24(3)46(57)49-36-39(55)32-31(35-43(36)62-30-21-28(20-29(52)34(30)48-35)59-19-18-58-17-15-50(8)9)33-42(25(4)37(32)53)64-47(7,45(33)56)60-16-11-14-23(2)41(61-27(6)51)44-38(54)26(5)40(22)63-44/h10-13,16,20-23,26,38,40-41,44,53-54,56H,14-15,17-19H2,1-9H3,(H,49,57)/b12-10+,16-11+,24-13-/t22-,23+,26-,38+,40-,41+,44+,47-/m0/s1. The monoisotopic (exact) mass is 885 g/mol. The Morgan fingerprint density at radius 2 is 1.78 bits per heavy atom. The van der Waals surface area contributed by atoms with Crippen LogP contribution in [0.3, 0.4) is 0 Å². The number of likely N-dealkylation sites (N-methyl/N-ethyl adjacent to an activating group) is 1. The zero-order valence-corrected chi connectivity index (χ0v) is 37.3. The fourth-order valence-corrected chi connectivity index (χ4v) is 8.41. The van der Waals surface area contributed by atoms with Crippen molar-refractivity contribution in [3.05, 3.63) is 79.5 Å². The van der Waals surface area contributed by atoms with Crippen LogP contribution in [0.4, 0.5) is 5.69 Å². The van der Waals surface area contributed by atoms with Gasteiger partial charge in [0.15, 0.2) is 22.4 Å². The molecule has 4 aliphatic heterocycles. The number of rotatable bonds is 8. The molecule has 4 N–H and O–H groups in total. The molecule has 3 aromatic carbocycles. The van der Waals surface area contributed by atoms with Gasteiger partial charge in [0.2, 0.25) is 10.9 Å². The highest BCUT2D eigenvalue weighted by Crippen LogP contribution is 2.42. The molecule has 0 saturated carbocycles. The summed E-state index contributed by atoms with van der Waals surface area (Å²) in [6.07, 6.45) is 5.11. The van der Waals surface area contributed by atoms with Crippen LogP contribution in [0.25, 0.3) is 38.7 Å². The van der Waals surface area contributed by atoms with Crippen molar-refractivity contribution in [2.45, 2.75) is 85.1 Å². The van der Waals surface area contributed by atoms with Gasteiger partial charge in [-0.05, 0) is 46.4 Å². The molecule has 1 saturated heterocycles. The van der Waals surface area contributed by atoms with Crippen molar-refractivity contribution < 1.29 is 57.7 Å². The van der Waals surface area contributed by atoms with E-state index in [1.807, 2.05) is 45.8 Å². The van der Waals surface area contributed by atoms with E-state index < -0.39 is 70.1 Å². The van der Waals surface area contributed by atoms with E-state index in [1.54, 1.807) is 18.2 Å². The molecule has 8 rings (SSSR count). The first-order chi connectivity index (χ1) is 30.3. The lowest BCUT2D eigenvalue weighted by Gasteiger charge is -2.30. The van der Waals surface area contributed by atoms with Crippen LogP contribution in [0.5, 0.6) is 17.2 Å². The van der Waals surface area contributed by atoms with E-state index in [0.717, 1.165) is 0 Å². The Morgan fingerprint density at radius 1 is 1.03 bits per heavy atom. The summed E-state index contributed by atoms with van der Waals surface area (Å²) < 4.78 is 42.2. The number of carbonyl (C=O) groups is 2. The van der Waals surface area contributed by atoms with Crippen LogP contribution in [0.15, 0.2) is 62.3 Å². The minimum absolute atomic E-state index is 0.0368. The van der Waals surface area contributed by atoms with Crippen LogP contribution >= 0.6 is 0 Å². The quantitative estimate of drug-likeness (QED) is 0.0817. The van der Waals surface area contributed by atoms with E-state index >= 15 is 0 Å². The molecule has 5 heterocycles. The number of benzene rings is 3. The summed E-state index contributed by atoms with van der Waals surface area (Å²) in [5.74, 6) is -5.09. The van der Waals surface area contributed by atoms with Crippen molar-refractivity contribution in [1.82, 2.24) is 9.88 Å². The molecule has 342 valence electrons. The number of amides is 1. The van der Waals surface area contributed by atoms with E-state index in [9.17, 15) is 34.5 Å². The van der Waals surface area contributed by atoms with Gasteiger partial charge in [-0.15, -0.1) is 0 Å². The number of phenols is 1. The Labute approximate surface area is 368 Å². The van der Waals surface area contributed by atoms with Gasteiger partial charge in [-0.3, -0.25) is 19.2 Å². The number of nitrogens with zero attached hydrogens (tertiary/aromatic N) is 2. The van der Waals surface area contributed by atoms with Crippen LogP contribution in [0, 0.1) is 24.7 Å². The first-order valence-corrected chi connectivity index (χ1v) is 21.2. The number of aromatic nitrogens is 1. The molecule has 1 amide bonds. The molecule has 0 spiro atoms. The molecule has 4 aromatic rings. The lowest BCUT2D eigenvalue weighted by Crippen LogP contribution is -2.42. The maximum atomic E-state index is 14.7. The maximum absolute atomic E-state index is 14.7. The van der Waals surface area contributed by atoms with Gasteiger partial charge in [-0.25, -0.2) is 4.98 Å². The molecule has 0 aliphatic carbocycles. The number of aromatic hydroxyl groups is 1. The lowest BCUT2D eigenvalue weighted by atomic mass is 9.87. The number of esters is 1. The summed E-state index contributed by atoms with van der Waals surface area (Å²) >= 11 is 0. The van der Waals surface area contributed by atoms with Gasteiger partial charge < -0.3 is 58.4 Å². The van der Waals surface area contributed by atoms with Crippen LogP contribution in [-0.4, -0.2) is 108 Å². The van der Waals surface area contributed by atoms with Crippen LogP contribution in [0.2, 0.25) is 0 Å². The predicted octanol–water partition coefficient (Wildman–Crippen LogP) is 4.66. The van der Waals surface area contributed by atoms with Crippen LogP contribution in [-0.2, 0) is 28.5 Å². The van der Waals surface area contributed by atoms with Gasteiger partial charge in [-0.1, -0.05) is 39.0 Å². The minimum atomic E-state index is -1.92. The van der Waals surface area contributed by atoms with Crippen molar-refractivity contribution in [2.24, 2.45) is 17.8 Å². The van der Waals surface area contributed by atoms with E-state index in [0.29, 0.717) is 13.2 Å². The molecule has 0 unspecified atom stereocenters. The Balaban J connectivity index is 1.41. The molecule has 7 bridgehead atoms. The number of fused-ring (bicyclic) bond motifs is 9. The topological polar surface area (TPSA) is 226 Å². The Bertz CT molecular complexity index is 2780. The fourth-order valence-electron chi connectivity index (χ4n) is 8.41. The van der Waals surface area contributed by atoms with Gasteiger partial charge in [0, 0.05) is 60.9 Å². The maximum Gasteiger partial charge on any atom is 0.307 e. The van der Waals surface area contributed by atoms with Crippen LogP contribution in [0.1, 0.15) is 53.5 Å². The summed E-state index contributed by atoms with van der Waals surface area (Å²) in [7, 11) is 3.86. The number of aliphatic hydroxyl groups is 2. The molecule has 17 nitrogen and oxygen atoms in total. The molecule has 1 fully saturated rings. The average Bonchev–Trinajstić information content (AvgIpc) is 3.68.